The van der Waals surface area contributed by atoms with E-state index in [0.717, 1.165) is 25.7 Å². The first kappa shape index (κ1) is 13.8. The van der Waals surface area contributed by atoms with Crippen molar-refractivity contribution in [3.05, 3.63) is 0 Å². The van der Waals surface area contributed by atoms with E-state index in [1.807, 2.05) is 4.90 Å². The van der Waals surface area contributed by atoms with Crippen molar-refractivity contribution < 1.29 is 9.53 Å². The van der Waals surface area contributed by atoms with Crippen LogP contribution in [0.3, 0.4) is 0 Å². The maximum atomic E-state index is 12.8. The summed E-state index contributed by atoms with van der Waals surface area (Å²) in [6.07, 6.45) is 4.46. The maximum Gasteiger partial charge on any atom is 0.244 e. The number of amides is 1. The van der Waals surface area contributed by atoms with Crippen molar-refractivity contribution in [1.29, 1.82) is 0 Å². The fraction of sp³-hybridized carbons (Fsp3) is 0.929. The summed E-state index contributed by atoms with van der Waals surface area (Å²) in [5, 5.41) is 3.63. The van der Waals surface area contributed by atoms with Crippen LogP contribution in [0.25, 0.3) is 0 Å². The van der Waals surface area contributed by atoms with Crippen LogP contribution in [0.4, 0.5) is 0 Å². The van der Waals surface area contributed by atoms with Crippen LogP contribution in [-0.2, 0) is 9.53 Å². The molecule has 4 nitrogen and oxygen atoms in total. The van der Waals surface area contributed by atoms with Crippen LogP contribution in [0.2, 0.25) is 0 Å². The molecule has 104 valence electrons. The third-order valence-corrected chi connectivity index (χ3v) is 4.34. The highest BCUT2D eigenvalue weighted by molar-refractivity contribution is 5.89. The molecule has 0 radical (unpaired) electrons. The van der Waals surface area contributed by atoms with Crippen LogP contribution in [0.1, 0.15) is 46.5 Å². The molecular weight excluding hydrogens is 228 g/mol. The van der Waals surface area contributed by atoms with Crippen LogP contribution in [-0.4, -0.2) is 42.3 Å². The first-order valence-corrected chi connectivity index (χ1v) is 7.11. The second kappa shape index (κ2) is 5.17. The zero-order chi connectivity index (χ0) is 13.3. The molecule has 1 amide bonds. The average molecular weight is 254 g/mol. The Morgan fingerprint density at radius 2 is 2.00 bits per heavy atom. The van der Waals surface area contributed by atoms with Gasteiger partial charge in [0.2, 0.25) is 5.91 Å². The second-order valence-electron chi connectivity index (χ2n) is 6.14. The molecule has 2 unspecified atom stereocenters. The fourth-order valence-corrected chi connectivity index (χ4v) is 3.41. The molecule has 1 aliphatic heterocycles. The van der Waals surface area contributed by atoms with Crippen molar-refractivity contribution in [2.24, 2.45) is 5.92 Å². The summed E-state index contributed by atoms with van der Waals surface area (Å²) in [4.78, 5) is 14.8. The first-order chi connectivity index (χ1) is 8.52. The lowest BCUT2D eigenvalue weighted by atomic mass is 9.97. The van der Waals surface area contributed by atoms with Gasteiger partial charge < -0.3 is 9.64 Å². The lowest BCUT2D eigenvalue weighted by Crippen LogP contribution is -2.47. The molecule has 2 aliphatic rings. The number of hydrogen-bond donors (Lipinski definition) is 1. The Morgan fingerprint density at radius 3 is 2.50 bits per heavy atom. The quantitative estimate of drug-likeness (QED) is 0.831. The standard InChI is InChI=1S/C14H26N2O2/c1-10(2)12-15-14(7-5-6-8-14)13(17)16(12)11(3)9-18-4/h10-12,15H,5-9H2,1-4H3. The highest BCUT2D eigenvalue weighted by Crippen LogP contribution is 2.38. The molecule has 18 heavy (non-hydrogen) atoms. The van der Waals surface area contributed by atoms with Gasteiger partial charge in [-0.3, -0.25) is 10.1 Å². The third-order valence-electron chi connectivity index (χ3n) is 4.34. The van der Waals surface area contributed by atoms with Crippen LogP contribution < -0.4 is 5.32 Å². The summed E-state index contributed by atoms with van der Waals surface area (Å²) in [6.45, 7) is 7.02. The van der Waals surface area contributed by atoms with Gasteiger partial charge >= 0.3 is 0 Å². The predicted molar refractivity (Wildman–Crippen MR) is 71.1 cm³/mol. The van der Waals surface area contributed by atoms with E-state index in [0.29, 0.717) is 18.4 Å². The molecular formula is C14H26N2O2. The minimum atomic E-state index is -0.267. The summed E-state index contributed by atoms with van der Waals surface area (Å²) in [6, 6.07) is 0.141. The Labute approximate surface area is 110 Å². The van der Waals surface area contributed by atoms with Crippen LogP contribution >= 0.6 is 0 Å². The minimum Gasteiger partial charge on any atom is -0.383 e. The zero-order valence-corrected chi connectivity index (χ0v) is 12.0. The monoisotopic (exact) mass is 254 g/mol. The molecule has 1 spiro atoms. The summed E-state index contributed by atoms with van der Waals surface area (Å²) in [7, 11) is 1.69. The van der Waals surface area contributed by atoms with Gasteiger partial charge in [0.05, 0.1) is 24.4 Å². The Balaban J connectivity index is 2.21. The van der Waals surface area contributed by atoms with E-state index in [4.69, 9.17) is 4.74 Å². The molecule has 2 atom stereocenters. The van der Waals surface area contributed by atoms with E-state index >= 15 is 0 Å². The minimum absolute atomic E-state index is 0.141. The normalized spacial score (nSPS) is 28.6. The molecule has 1 N–H and O–H groups in total. The van der Waals surface area contributed by atoms with Gasteiger partial charge in [-0.25, -0.2) is 0 Å². The van der Waals surface area contributed by atoms with Gasteiger partial charge in [-0.05, 0) is 25.7 Å². The smallest absolute Gasteiger partial charge is 0.244 e. The molecule has 1 aliphatic carbocycles. The van der Waals surface area contributed by atoms with E-state index in [1.54, 1.807) is 7.11 Å². The largest absolute Gasteiger partial charge is 0.383 e. The molecule has 0 aromatic carbocycles. The number of carbonyl (C=O) groups excluding carboxylic acids is 1. The van der Waals surface area contributed by atoms with Gasteiger partial charge in [-0.2, -0.15) is 0 Å². The number of methoxy groups -OCH3 is 1. The number of carbonyl (C=O) groups is 1. The first-order valence-electron chi connectivity index (χ1n) is 7.11. The molecule has 4 heteroatoms. The van der Waals surface area contributed by atoms with Crippen LogP contribution in [0, 0.1) is 5.92 Å². The topological polar surface area (TPSA) is 41.6 Å². The van der Waals surface area contributed by atoms with Crippen molar-refractivity contribution in [3.8, 4) is 0 Å². The van der Waals surface area contributed by atoms with E-state index in [9.17, 15) is 4.79 Å². The van der Waals surface area contributed by atoms with Crippen molar-refractivity contribution >= 4 is 5.91 Å². The fourth-order valence-electron chi connectivity index (χ4n) is 3.41. The Morgan fingerprint density at radius 1 is 1.39 bits per heavy atom. The van der Waals surface area contributed by atoms with Crippen LogP contribution in [0.5, 0.6) is 0 Å². The van der Waals surface area contributed by atoms with Gasteiger partial charge in [-0.15, -0.1) is 0 Å². The maximum absolute atomic E-state index is 12.8. The number of ether oxygens (including phenoxy) is 1. The molecule has 0 bridgehead atoms. The van der Waals surface area contributed by atoms with Gasteiger partial charge in [0.15, 0.2) is 0 Å². The summed E-state index contributed by atoms with van der Waals surface area (Å²) >= 11 is 0. The molecule has 1 saturated carbocycles. The highest BCUT2D eigenvalue weighted by atomic mass is 16.5. The van der Waals surface area contributed by atoms with E-state index in [-0.39, 0.29) is 17.7 Å². The van der Waals surface area contributed by atoms with E-state index in [2.05, 4.69) is 26.1 Å². The average Bonchev–Trinajstić information content (AvgIpc) is 2.88. The van der Waals surface area contributed by atoms with Gasteiger partial charge in [0.1, 0.15) is 0 Å². The van der Waals surface area contributed by atoms with Crippen molar-refractivity contribution in [3.63, 3.8) is 0 Å². The van der Waals surface area contributed by atoms with Gasteiger partial charge in [-0.1, -0.05) is 26.7 Å². The highest BCUT2D eigenvalue weighted by Gasteiger charge is 2.53. The predicted octanol–water partition coefficient (Wildman–Crippen LogP) is 1.75. The van der Waals surface area contributed by atoms with Gasteiger partial charge in [0, 0.05) is 7.11 Å². The summed E-state index contributed by atoms with van der Waals surface area (Å²) in [5.41, 5.74) is -0.267. The van der Waals surface area contributed by atoms with E-state index < -0.39 is 0 Å². The van der Waals surface area contributed by atoms with Crippen molar-refractivity contribution in [2.45, 2.75) is 64.2 Å². The number of rotatable bonds is 4. The Kier molecular flexibility index (Phi) is 3.97. The molecule has 1 saturated heterocycles. The molecule has 2 rings (SSSR count). The van der Waals surface area contributed by atoms with Crippen molar-refractivity contribution in [1.82, 2.24) is 10.2 Å². The van der Waals surface area contributed by atoms with E-state index in [1.165, 1.54) is 0 Å². The van der Waals surface area contributed by atoms with Gasteiger partial charge in [0.25, 0.3) is 0 Å². The zero-order valence-electron chi connectivity index (χ0n) is 12.0. The SMILES string of the molecule is COCC(C)N1C(=O)C2(CCCC2)NC1C(C)C. The Bertz CT molecular complexity index is 311. The second-order valence-corrected chi connectivity index (χ2v) is 6.14. The number of hydrogen-bond acceptors (Lipinski definition) is 3. The number of nitrogens with one attached hydrogen (secondary N) is 1. The Hall–Kier alpha value is -0.610. The molecule has 0 aromatic rings. The summed E-state index contributed by atoms with van der Waals surface area (Å²) in [5.74, 6) is 0.719. The third kappa shape index (κ3) is 2.16. The summed E-state index contributed by atoms with van der Waals surface area (Å²) < 4.78 is 5.22. The molecule has 1 heterocycles. The lowest BCUT2D eigenvalue weighted by molar-refractivity contribution is -0.136. The molecule has 0 aromatic heterocycles. The molecule has 2 fully saturated rings. The number of nitrogens with zero attached hydrogens (tertiary/aromatic N) is 1. The lowest BCUT2D eigenvalue weighted by Gasteiger charge is -2.32. The van der Waals surface area contributed by atoms with Crippen LogP contribution in [0.15, 0.2) is 0 Å². The van der Waals surface area contributed by atoms with Crippen molar-refractivity contribution in [2.75, 3.05) is 13.7 Å².